The molecular formula is C12H21NO3. The molecule has 2 saturated heterocycles. The van der Waals surface area contributed by atoms with Gasteiger partial charge in [-0.05, 0) is 38.8 Å². The van der Waals surface area contributed by atoms with E-state index in [9.17, 15) is 4.79 Å². The van der Waals surface area contributed by atoms with Crippen molar-refractivity contribution in [2.75, 3.05) is 33.4 Å². The Balaban J connectivity index is 1.84. The molecule has 16 heavy (non-hydrogen) atoms. The second kappa shape index (κ2) is 4.72. The van der Waals surface area contributed by atoms with Crippen molar-refractivity contribution in [2.45, 2.75) is 25.7 Å². The second-order valence-corrected chi connectivity index (χ2v) is 5.35. The van der Waals surface area contributed by atoms with Gasteiger partial charge in [-0.25, -0.2) is 0 Å². The highest BCUT2D eigenvalue weighted by Gasteiger charge is 2.46. The minimum Gasteiger partial charge on any atom is -0.481 e. The van der Waals surface area contributed by atoms with Crippen molar-refractivity contribution < 1.29 is 14.6 Å². The van der Waals surface area contributed by atoms with Crippen LogP contribution in [0.3, 0.4) is 0 Å². The molecule has 0 spiro atoms. The standard InChI is InChI=1S/C12H21NO3/c1-13-6-4-10(7-13)12(8-16-9-12)5-2-3-11(14)15/h10H,2-9H2,1H3,(H,14,15). The normalized spacial score (nSPS) is 28.9. The van der Waals surface area contributed by atoms with E-state index in [4.69, 9.17) is 9.84 Å². The van der Waals surface area contributed by atoms with Gasteiger partial charge in [0.1, 0.15) is 0 Å². The maximum Gasteiger partial charge on any atom is 0.303 e. The number of rotatable bonds is 5. The zero-order valence-electron chi connectivity index (χ0n) is 9.95. The third kappa shape index (κ3) is 2.38. The van der Waals surface area contributed by atoms with Gasteiger partial charge >= 0.3 is 5.97 Å². The number of carbonyl (C=O) groups is 1. The number of hydrogen-bond donors (Lipinski definition) is 1. The van der Waals surface area contributed by atoms with E-state index >= 15 is 0 Å². The average molecular weight is 227 g/mol. The molecule has 4 heteroatoms. The first kappa shape index (κ1) is 11.9. The number of likely N-dealkylation sites (tertiary alicyclic amines) is 1. The molecular weight excluding hydrogens is 206 g/mol. The van der Waals surface area contributed by atoms with Gasteiger partial charge in [0, 0.05) is 18.4 Å². The van der Waals surface area contributed by atoms with E-state index < -0.39 is 5.97 Å². The Kier molecular flexibility index (Phi) is 3.50. The van der Waals surface area contributed by atoms with Crippen LogP contribution >= 0.6 is 0 Å². The van der Waals surface area contributed by atoms with Crippen LogP contribution in [-0.2, 0) is 9.53 Å². The van der Waals surface area contributed by atoms with Crippen molar-refractivity contribution >= 4 is 5.97 Å². The summed E-state index contributed by atoms with van der Waals surface area (Å²) in [7, 11) is 2.16. The number of hydrogen-bond acceptors (Lipinski definition) is 3. The van der Waals surface area contributed by atoms with Crippen molar-refractivity contribution in [3.63, 3.8) is 0 Å². The fraction of sp³-hybridized carbons (Fsp3) is 0.917. The van der Waals surface area contributed by atoms with Gasteiger partial charge in [-0.1, -0.05) is 0 Å². The molecule has 1 unspecified atom stereocenters. The number of ether oxygens (including phenoxy) is 1. The zero-order valence-corrected chi connectivity index (χ0v) is 9.95. The van der Waals surface area contributed by atoms with Gasteiger partial charge < -0.3 is 14.7 Å². The van der Waals surface area contributed by atoms with Crippen molar-refractivity contribution in [2.24, 2.45) is 11.3 Å². The molecule has 2 aliphatic rings. The Labute approximate surface area is 96.6 Å². The van der Waals surface area contributed by atoms with Crippen molar-refractivity contribution in [3.05, 3.63) is 0 Å². The Morgan fingerprint density at radius 1 is 1.56 bits per heavy atom. The summed E-state index contributed by atoms with van der Waals surface area (Å²) in [6.07, 6.45) is 3.34. The molecule has 2 fully saturated rings. The monoisotopic (exact) mass is 227 g/mol. The first-order chi connectivity index (χ1) is 7.62. The van der Waals surface area contributed by atoms with Crippen LogP contribution in [0.4, 0.5) is 0 Å². The predicted molar refractivity (Wildman–Crippen MR) is 60.3 cm³/mol. The molecule has 0 bridgehead atoms. The van der Waals surface area contributed by atoms with Gasteiger partial charge in [0.05, 0.1) is 13.2 Å². The van der Waals surface area contributed by atoms with Crippen molar-refractivity contribution in [3.8, 4) is 0 Å². The topological polar surface area (TPSA) is 49.8 Å². The van der Waals surface area contributed by atoms with E-state index in [1.165, 1.54) is 13.0 Å². The summed E-state index contributed by atoms with van der Waals surface area (Å²) >= 11 is 0. The molecule has 0 aromatic heterocycles. The summed E-state index contributed by atoms with van der Waals surface area (Å²) < 4.78 is 5.38. The van der Waals surface area contributed by atoms with E-state index in [0.717, 1.165) is 32.6 Å². The lowest BCUT2D eigenvalue weighted by Gasteiger charge is -2.46. The minimum atomic E-state index is -0.682. The van der Waals surface area contributed by atoms with Gasteiger partial charge in [-0.15, -0.1) is 0 Å². The number of aliphatic carboxylic acids is 1. The van der Waals surface area contributed by atoms with E-state index in [0.29, 0.717) is 17.8 Å². The minimum absolute atomic E-state index is 0.292. The molecule has 0 aliphatic carbocycles. The average Bonchev–Trinajstić information content (AvgIpc) is 2.56. The van der Waals surface area contributed by atoms with Crippen LogP contribution in [0, 0.1) is 11.3 Å². The quantitative estimate of drug-likeness (QED) is 0.767. The Bertz CT molecular complexity index is 263. The highest BCUT2D eigenvalue weighted by molar-refractivity contribution is 5.66. The van der Waals surface area contributed by atoms with Crippen LogP contribution in [0.15, 0.2) is 0 Å². The fourth-order valence-corrected chi connectivity index (χ4v) is 2.97. The highest BCUT2D eigenvalue weighted by Crippen LogP contribution is 2.44. The molecule has 0 radical (unpaired) electrons. The van der Waals surface area contributed by atoms with E-state index in [-0.39, 0.29) is 0 Å². The molecule has 4 nitrogen and oxygen atoms in total. The van der Waals surface area contributed by atoms with Gasteiger partial charge in [0.25, 0.3) is 0 Å². The van der Waals surface area contributed by atoms with Crippen LogP contribution < -0.4 is 0 Å². The molecule has 2 heterocycles. The lowest BCUT2D eigenvalue weighted by Crippen LogP contribution is -2.49. The maximum absolute atomic E-state index is 10.5. The largest absolute Gasteiger partial charge is 0.481 e. The molecule has 92 valence electrons. The third-order valence-electron chi connectivity index (χ3n) is 4.10. The number of carboxylic acid groups (broad SMARTS) is 1. The molecule has 2 aliphatic heterocycles. The van der Waals surface area contributed by atoms with Gasteiger partial charge in [0.15, 0.2) is 0 Å². The van der Waals surface area contributed by atoms with Crippen LogP contribution in [-0.4, -0.2) is 49.3 Å². The summed E-state index contributed by atoms with van der Waals surface area (Å²) in [5.41, 5.74) is 0.292. The fourth-order valence-electron chi connectivity index (χ4n) is 2.97. The summed E-state index contributed by atoms with van der Waals surface area (Å²) in [5, 5.41) is 8.67. The molecule has 1 atom stereocenters. The van der Waals surface area contributed by atoms with Gasteiger partial charge in [-0.3, -0.25) is 4.79 Å². The first-order valence-electron chi connectivity index (χ1n) is 6.10. The summed E-state index contributed by atoms with van der Waals surface area (Å²) in [6, 6.07) is 0. The lowest BCUT2D eigenvalue weighted by molar-refractivity contribution is -0.151. The van der Waals surface area contributed by atoms with Gasteiger partial charge in [0.2, 0.25) is 0 Å². The first-order valence-corrected chi connectivity index (χ1v) is 6.10. The summed E-state index contributed by atoms with van der Waals surface area (Å²) in [6.45, 7) is 4.00. The maximum atomic E-state index is 10.5. The smallest absolute Gasteiger partial charge is 0.303 e. The Hall–Kier alpha value is -0.610. The SMILES string of the molecule is CN1CCC(C2(CCCC(=O)O)COC2)C1. The zero-order chi connectivity index (χ0) is 11.6. The molecule has 2 rings (SSSR count). The number of carboxylic acids is 1. The molecule has 0 saturated carbocycles. The molecule has 0 aromatic rings. The van der Waals surface area contributed by atoms with Crippen LogP contribution in [0.1, 0.15) is 25.7 Å². The lowest BCUT2D eigenvalue weighted by atomic mass is 9.70. The van der Waals surface area contributed by atoms with Crippen molar-refractivity contribution in [1.29, 1.82) is 0 Å². The molecule has 0 amide bonds. The van der Waals surface area contributed by atoms with Gasteiger partial charge in [-0.2, -0.15) is 0 Å². The predicted octanol–water partition coefficient (Wildman–Crippen LogP) is 1.21. The van der Waals surface area contributed by atoms with Crippen LogP contribution in [0.2, 0.25) is 0 Å². The highest BCUT2D eigenvalue weighted by atomic mass is 16.5. The second-order valence-electron chi connectivity index (χ2n) is 5.35. The molecule has 0 aromatic carbocycles. The van der Waals surface area contributed by atoms with Crippen molar-refractivity contribution in [1.82, 2.24) is 4.90 Å². The molecule has 1 N–H and O–H groups in total. The Morgan fingerprint density at radius 3 is 2.75 bits per heavy atom. The third-order valence-corrected chi connectivity index (χ3v) is 4.10. The van der Waals surface area contributed by atoms with Crippen LogP contribution in [0.5, 0.6) is 0 Å². The summed E-state index contributed by atoms with van der Waals surface area (Å²) in [4.78, 5) is 12.9. The van der Waals surface area contributed by atoms with Crippen LogP contribution in [0.25, 0.3) is 0 Å². The summed E-state index contributed by atoms with van der Waals surface area (Å²) in [5.74, 6) is 0.0268. The van der Waals surface area contributed by atoms with E-state index in [1.54, 1.807) is 0 Å². The van der Waals surface area contributed by atoms with E-state index in [2.05, 4.69) is 11.9 Å². The Morgan fingerprint density at radius 2 is 2.31 bits per heavy atom. The number of nitrogens with zero attached hydrogens (tertiary/aromatic N) is 1. The van der Waals surface area contributed by atoms with E-state index in [1.807, 2.05) is 0 Å².